The maximum atomic E-state index is 12.3. The van der Waals surface area contributed by atoms with Crippen LogP contribution >= 0.6 is 15.9 Å². The second-order valence-corrected chi connectivity index (χ2v) is 7.70. The third-order valence-electron chi connectivity index (χ3n) is 4.41. The van der Waals surface area contributed by atoms with Gasteiger partial charge in [-0.1, -0.05) is 30.3 Å². The Hall–Kier alpha value is -3.98. The van der Waals surface area contributed by atoms with Crippen molar-refractivity contribution in [3.8, 4) is 11.5 Å². The number of hydrogen-bond donors (Lipinski definition) is 2. The van der Waals surface area contributed by atoms with Crippen LogP contribution in [-0.4, -0.2) is 37.1 Å². The molecule has 0 heterocycles. The van der Waals surface area contributed by atoms with Gasteiger partial charge >= 0.3 is 5.97 Å². The van der Waals surface area contributed by atoms with Gasteiger partial charge in [-0.25, -0.2) is 10.2 Å². The van der Waals surface area contributed by atoms with E-state index in [0.29, 0.717) is 33.5 Å². The van der Waals surface area contributed by atoms with Crippen LogP contribution in [0.15, 0.2) is 82.4 Å². The highest BCUT2D eigenvalue weighted by atomic mass is 79.9. The van der Waals surface area contributed by atoms with Crippen LogP contribution in [0.1, 0.15) is 33.2 Å². The molecular formula is C25H22BrN3O5. The molecule has 0 bridgehead atoms. The van der Waals surface area contributed by atoms with Crippen LogP contribution in [0.3, 0.4) is 0 Å². The minimum atomic E-state index is -0.500. The predicted molar refractivity (Wildman–Crippen MR) is 131 cm³/mol. The Labute approximate surface area is 205 Å². The molecule has 3 aromatic carbocycles. The van der Waals surface area contributed by atoms with Gasteiger partial charge in [0.1, 0.15) is 0 Å². The van der Waals surface area contributed by atoms with Crippen LogP contribution in [0.5, 0.6) is 11.5 Å². The van der Waals surface area contributed by atoms with Gasteiger partial charge in [0.05, 0.1) is 30.5 Å². The molecule has 0 radical (unpaired) electrons. The Balaban J connectivity index is 1.57. The van der Waals surface area contributed by atoms with E-state index in [1.165, 1.54) is 6.21 Å². The summed E-state index contributed by atoms with van der Waals surface area (Å²) in [6.45, 7) is 1.94. The minimum absolute atomic E-state index is 0.240. The molecule has 9 heteroatoms. The van der Waals surface area contributed by atoms with E-state index in [-0.39, 0.29) is 18.2 Å². The molecule has 0 aliphatic rings. The van der Waals surface area contributed by atoms with Gasteiger partial charge in [-0.2, -0.15) is 5.10 Å². The first-order valence-electron chi connectivity index (χ1n) is 10.4. The van der Waals surface area contributed by atoms with Gasteiger partial charge in [0, 0.05) is 4.47 Å². The quantitative estimate of drug-likeness (QED) is 0.191. The van der Waals surface area contributed by atoms with Crippen molar-refractivity contribution in [3.05, 3.63) is 94.0 Å². The van der Waals surface area contributed by atoms with Crippen molar-refractivity contribution in [3.63, 3.8) is 0 Å². The Morgan fingerprint density at radius 3 is 2.44 bits per heavy atom. The number of rotatable bonds is 9. The van der Waals surface area contributed by atoms with Gasteiger partial charge in [-0.15, -0.1) is 0 Å². The summed E-state index contributed by atoms with van der Waals surface area (Å²) in [6, 6.07) is 20.4. The molecule has 0 aliphatic carbocycles. The molecule has 3 aromatic rings. The maximum Gasteiger partial charge on any atom is 0.343 e. The second kappa shape index (κ2) is 12.3. The number of amides is 2. The molecule has 0 fully saturated rings. The Morgan fingerprint density at radius 1 is 0.971 bits per heavy atom. The monoisotopic (exact) mass is 523 g/mol. The molecule has 174 valence electrons. The van der Waals surface area contributed by atoms with Crippen molar-refractivity contribution < 1.29 is 23.9 Å². The van der Waals surface area contributed by atoms with Gasteiger partial charge in [0.2, 0.25) is 0 Å². The fourth-order valence-corrected chi connectivity index (χ4v) is 3.27. The van der Waals surface area contributed by atoms with Gasteiger partial charge in [0.15, 0.2) is 11.5 Å². The fraction of sp³-hybridized carbons (Fsp3) is 0.120. The number of carbonyl (C=O) groups excluding carboxylic acids is 3. The van der Waals surface area contributed by atoms with E-state index in [1.807, 2.05) is 13.0 Å². The lowest BCUT2D eigenvalue weighted by molar-refractivity contribution is -0.120. The number of hydrogen-bond acceptors (Lipinski definition) is 6. The molecule has 0 aromatic heterocycles. The molecule has 0 saturated heterocycles. The van der Waals surface area contributed by atoms with Crippen LogP contribution in [0.4, 0.5) is 0 Å². The smallest absolute Gasteiger partial charge is 0.343 e. The van der Waals surface area contributed by atoms with Crippen molar-refractivity contribution in [2.45, 2.75) is 6.92 Å². The number of nitrogens with one attached hydrogen (secondary N) is 2. The van der Waals surface area contributed by atoms with Gasteiger partial charge in [0.25, 0.3) is 11.8 Å². The zero-order valence-electron chi connectivity index (χ0n) is 18.3. The van der Waals surface area contributed by atoms with E-state index in [1.54, 1.807) is 66.7 Å². The molecule has 0 aliphatic heterocycles. The van der Waals surface area contributed by atoms with Crippen LogP contribution in [0.2, 0.25) is 0 Å². The van der Waals surface area contributed by atoms with Crippen LogP contribution in [-0.2, 0) is 4.79 Å². The Morgan fingerprint density at radius 2 is 1.71 bits per heavy atom. The first-order valence-corrected chi connectivity index (χ1v) is 11.2. The largest absolute Gasteiger partial charge is 0.490 e. The Bertz CT molecular complexity index is 1200. The van der Waals surface area contributed by atoms with Crippen LogP contribution < -0.4 is 20.2 Å². The summed E-state index contributed by atoms with van der Waals surface area (Å²) in [5.41, 5.74) is 3.81. The van der Waals surface area contributed by atoms with E-state index in [2.05, 4.69) is 31.8 Å². The lowest BCUT2D eigenvalue weighted by Gasteiger charge is -2.11. The average Bonchev–Trinajstić information content (AvgIpc) is 2.85. The number of halogens is 1. The highest BCUT2D eigenvalue weighted by Gasteiger charge is 2.13. The van der Waals surface area contributed by atoms with E-state index in [9.17, 15) is 14.4 Å². The summed E-state index contributed by atoms with van der Waals surface area (Å²) in [5, 5.41) is 6.43. The second-order valence-electron chi connectivity index (χ2n) is 6.85. The summed E-state index contributed by atoms with van der Waals surface area (Å²) in [4.78, 5) is 36.5. The topological polar surface area (TPSA) is 106 Å². The molecule has 2 N–H and O–H groups in total. The van der Waals surface area contributed by atoms with Crippen molar-refractivity contribution in [2.75, 3.05) is 13.2 Å². The van der Waals surface area contributed by atoms with Gasteiger partial charge < -0.3 is 14.8 Å². The molecule has 0 saturated carbocycles. The first kappa shape index (κ1) is 24.7. The molecule has 0 unspecified atom stereocenters. The van der Waals surface area contributed by atoms with E-state index >= 15 is 0 Å². The molecule has 0 spiro atoms. The number of ether oxygens (including phenoxy) is 2. The van der Waals surface area contributed by atoms with E-state index in [4.69, 9.17) is 9.47 Å². The molecule has 8 nitrogen and oxygen atoms in total. The molecule has 2 amide bonds. The standard InChI is InChI=1S/C25H22BrN3O5/c1-2-33-22-14-17(12-13-21(22)34-25(32)18-8-4-3-5-9-18)15-28-29-23(30)16-27-24(31)19-10-6-7-11-20(19)26/h3-15H,2,16H2,1H3,(H,27,31)(H,29,30)/b28-15-. The number of benzene rings is 3. The zero-order valence-corrected chi connectivity index (χ0v) is 19.9. The minimum Gasteiger partial charge on any atom is -0.490 e. The van der Waals surface area contributed by atoms with Gasteiger partial charge in [-0.3, -0.25) is 9.59 Å². The lowest BCUT2D eigenvalue weighted by Crippen LogP contribution is -2.35. The van der Waals surface area contributed by atoms with Crippen molar-refractivity contribution >= 4 is 39.9 Å². The summed E-state index contributed by atoms with van der Waals surface area (Å²) in [7, 11) is 0. The van der Waals surface area contributed by atoms with Crippen molar-refractivity contribution in [1.29, 1.82) is 0 Å². The Kier molecular flexibility index (Phi) is 8.93. The molecular weight excluding hydrogens is 502 g/mol. The zero-order chi connectivity index (χ0) is 24.3. The van der Waals surface area contributed by atoms with Crippen LogP contribution in [0, 0.1) is 0 Å². The predicted octanol–water partition coefficient (Wildman–Crippen LogP) is 3.95. The number of nitrogens with zero attached hydrogens (tertiary/aromatic N) is 1. The van der Waals surface area contributed by atoms with E-state index < -0.39 is 11.9 Å². The van der Waals surface area contributed by atoms with E-state index in [0.717, 1.165) is 0 Å². The lowest BCUT2D eigenvalue weighted by atomic mass is 10.2. The fourth-order valence-electron chi connectivity index (χ4n) is 2.81. The number of esters is 1. The normalized spacial score (nSPS) is 10.5. The molecule has 3 rings (SSSR count). The maximum absolute atomic E-state index is 12.3. The third-order valence-corrected chi connectivity index (χ3v) is 5.10. The summed E-state index contributed by atoms with van der Waals surface area (Å²) >= 11 is 3.30. The van der Waals surface area contributed by atoms with Crippen molar-refractivity contribution in [1.82, 2.24) is 10.7 Å². The first-order chi connectivity index (χ1) is 16.5. The average molecular weight is 524 g/mol. The summed E-state index contributed by atoms with van der Waals surface area (Å²) < 4.78 is 11.7. The van der Waals surface area contributed by atoms with Gasteiger partial charge in [-0.05, 0) is 70.9 Å². The SMILES string of the molecule is CCOc1cc(/C=N\NC(=O)CNC(=O)c2ccccc2Br)ccc1OC(=O)c1ccccc1. The number of carbonyl (C=O) groups is 3. The molecule has 34 heavy (non-hydrogen) atoms. The number of hydrazone groups is 1. The highest BCUT2D eigenvalue weighted by Crippen LogP contribution is 2.29. The highest BCUT2D eigenvalue weighted by molar-refractivity contribution is 9.10. The van der Waals surface area contributed by atoms with Crippen LogP contribution in [0.25, 0.3) is 0 Å². The summed E-state index contributed by atoms with van der Waals surface area (Å²) in [5.74, 6) is -0.738. The van der Waals surface area contributed by atoms with Crippen molar-refractivity contribution in [2.24, 2.45) is 5.10 Å². The summed E-state index contributed by atoms with van der Waals surface area (Å²) in [6.07, 6.45) is 1.42. The molecule has 0 atom stereocenters. The third kappa shape index (κ3) is 7.01.